The third kappa shape index (κ3) is 4.83. The number of alkyl halides is 3. The lowest BCUT2D eigenvalue weighted by Gasteiger charge is -2.42. The molecule has 2 aliphatic heterocycles. The summed E-state index contributed by atoms with van der Waals surface area (Å²) in [6.07, 6.45) is -0.486. The SMILES string of the molecule is CCC1(CO)CCN(C(=O)C2CCCN(CC(F)(F)F)C2)CC1. The maximum Gasteiger partial charge on any atom is 0.401 e. The van der Waals surface area contributed by atoms with Crippen molar-refractivity contribution in [3.05, 3.63) is 0 Å². The Bertz CT molecular complexity index is 401. The summed E-state index contributed by atoms with van der Waals surface area (Å²) in [5.41, 5.74) is -0.0916. The molecule has 0 spiro atoms. The van der Waals surface area contributed by atoms with Crippen LogP contribution < -0.4 is 0 Å². The summed E-state index contributed by atoms with van der Waals surface area (Å²) in [6, 6.07) is 0. The molecule has 1 unspecified atom stereocenters. The average Bonchev–Trinajstić information content (AvgIpc) is 2.53. The molecular weight excluding hydrogens is 309 g/mol. The maximum absolute atomic E-state index is 12.6. The van der Waals surface area contributed by atoms with Crippen LogP contribution in [0.2, 0.25) is 0 Å². The molecule has 0 aromatic heterocycles. The predicted octanol–water partition coefficient (Wildman–Crippen LogP) is 2.27. The largest absolute Gasteiger partial charge is 0.401 e. The molecular formula is C16H27F3N2O2. The first-order valence-electron chi connectivity index (χ1n) is 8.47. The number of likely N-dealkylation sites (tertiary alicyclic amines) is 2. The Morgan fingerprint density at radius 1 is 1.26 bits per heavy atom. The molecule has 2 saturated heterocycles. The number of aliphatic hydroxyl groups is 1. The second kappa shape index (κ2) is 7.38. The number of hydrogen-bond donors (Lipinski definition) is 1. The number of nitrogens with zero attached hydrogens (tertiary/aromatic N) is 2. The highest BCUT2D eigenvalue weighted by Gasteiger charge is 2.38. The van der Waals surface area contributed by atoms with E-state index in [4.69, 9.17) is 0 Å². The first-order valence-corrected chi connectivity index (χ1v) is 8.47. The Balaban J connectivity index is 1.88. The topological polar surface area (TPSA) is 43.8 Å². The second-order valence-electron chi connectivity index (χ2n) is 7.03. The third-order valence-electron chi connectivity index (χ3n) is 5.48. The molecule has 134 valence electrons. The highest BCUT2D eigenvalue weighted by molar-refractivity contribution is 5.79. The Morgan fingerprint density at radius 3 is 2.43 bits per heavy atom. The van der Waals surface area contributed by atoms with Crippen LogP contribution in [0.25, 0.3) is 0 Å². The van der Waals surface area contributed by atoms with Gasteiger partial charge in [-0.25, -0.2) is 0 Å². The standard InChI is InChI=1S/C16H27F3N2O2/c1-2-15(12-22)5-8-21(9-6-15)14(23)13-4-3-7-20(10-13)11-16(17,18)19/h13,22H,2-12H2,1H3. The van der Waals surface area contributed by atoms with Crippen molar-refractivity contribution in [1.82, 2.24) is 9.80 Å². The minimum atomic E-state index is -4.21. The maximum atomic E-state index is 12.6. The Morgan fingerprint density at radius 2 is 1.91 bits per heavy atom. The van der Waals surface area contributed by atoms with E-state index in [1.165, 1.54) is 4.90 Å². The number of hydrogen-bond acceptors (Lipinski definition) is 3. The van der Waals surface area contributed by atoms with Gasteiger partial charge >= 0.3 is 6.18 Å². The van der Waals surface area contributed by atoms with Gasteiger partial charge in [0.2, 0.25) is 5.91 Å². The van der Waals surface area contributed by atoms with E-state index in [9.17, 15) is 23.1 Å². The molecule has 1 amide bonds. The highest BCUT2D eigenvalue weighted by Crippen LogP contribution is 2.35. The molecule has 2 fully saturated rings. The quantitative estimate of drug-likeness (QED) is 0.856. The van der Waals surface area contributed by atoms with Crippen LogP contribution >= 0.6 is 0 Å². The minimum Gasteiger partial charge on any atom is -0.396 e. The highest BCUT2D eigenvalue weighted by atomic mass is 19.4. The monoisotopic (exact) mass is 336 g/mol. The lowest BCUT2D eigenvalue weighted by atomic mass is 9.76. The van der Waals surface area contributed by atoms with E-state index < -0.39 is 12.7 Å². The molecule has 2 aliphatic rings. The molecule has 0 saturated carbocycles. The summed E-state index contributed by atoms with van der Waals surface area (Å²) in [6.45, 7) is 3.06. The molecule has 0 aliphatic carbocycles. The normalized spacial score (nSPS) is 26.3. The van der Waals surface area contributed by atoms with Gasteiger partial charge in [0.1, 0.15) is 0 Å². The van der Waals surface area contributed by atoms with Crippen LogP contribution in [0, 0.1) is 11.3 Å². The molecule has 1 atom stereocenters. The molecule has 2 rings (SSSR count). The van der Waals surface area contributed by atoms with E-state index in [0.717, 1.165) is 19.3 Å². The zero-order chi connectivity index (χ0) is 17.1. The number of rotatable bonds is 4. The summed E-state index contributed by atoms with van der Waals surface area (Å²) >= 11 is 0. The van der Waals surface area contributed by atoms with Crippen LogP contribution in [-0.4, -0.2) is 66.3 Å². The summed E-state index contributed by atoms with van der Waals surface area (Å²) < 4.78 is 37.6. The summed E-state index contributed by atoms with van der Waals surface area (Å²) in [7, 11) is 0. The minimum absolute atomic E-state index is 0.0143. The summed E-state index contributed by atoms with van der Waals surface area (Å²) in [5.74, 6) is -0.339. The number of halogens is 3. The van der Waals surface area contributed by atoms with Gasteiger partial charge in [-0.3, -0.25) is 9.69 Å². The number of amides is 1. The zero-order valence-electron chi connectivity index (χ0n) is 13.7. The van der Waals surface area contributed by atoms with Gasteiger partial charge in [0.05, 0.1) is 12.5 Å². The fourth-order valence-electron chi connectivity index (χ4n) is 3.74. The molecule has 0 bridgehead atoms. The van der Waals surface area contributed by atoms with Crippen LogP contribution in [0.15, 0.2) is 0 Å². The van der Waals surface area contributed by atoms with Crippen molar-refractivity contribution in [2.45, 2.75) is 45.2 Å². The van der Waals surface area contributed by atoms with Crippen molar-refractivity contribution in [2.75, 3.05) is 39.3 Å². The number of piperidine rings is 2. The van der Waals surface area contributed by atoms with E-state index in [0.29, 0.717) is 32.5 Å². The van der Waals surface area contributed by atoms with Crippen molar-refractivity contribution in [3.8, 4) is 0 Å². The molecule has 7 heteroatoms. The second-order valence-corrected chi connectivity index (χ2v) is 7.03. The smallest absolute Gasteiger partial charge is 0.396 e. The van der Waals surface area contributed by atoms with Crippen LogP contribution in [0.3, 0.4) is 0 Å². The Hall–Kier alpha value is -0.820. The lowest BCUT2D eigenvalue weighted by Crippen LogP contribution is -2.50. The molecule has 2 heterocycles. The molecule has 4 nitrogen and oxygen atoms in total. The molecule has 0 radical (unpaired) electrons. The summed E-state index contributed by atoms with van der Waals surface area (Å²) in [4.78, 5) is 15.7. The van der Waals surface area contributed by atoms with Crippen LogP contribution in [0.1, 0.15) is 39.0 Å². The number of carbonyl (C=O) groups excluding carboxylic acids is 1. The van der Waals surface area contributed by atoms with Gasteiger partial charge in [-0.2, -0.15) is 13.2 Å². The molecule has 23 heavy (non-hydrogen) atoms. The van der Waals surface area contributed by atoms with Gasteiger partial charge in [-0.1, -0.05) is 6.92 Å². The first-order chi connectivity index (χ1) is 10.8. The van der Waals surface area contributed by atoms with Crippen molar-refractivity contribution in [2.24, 2.45) is 11.3 Å². The van der Waals surface area contributed by atoms with E-state index in [1.807, 2.05) is 6.92 Å². The van der Waals surface area contributed by atoms with E-state index in [1.54, 1.807) is 4.90 Å². The van der Waals surface area contributed by atoms with Gasteiger partial charge in [0.15, 0.2) is 0 Å². The molecule has 0 aromatic carbocycles. The van der Waals surface area contributed by atoms with Crippen molar-refractivity contribution >= 4 is 5.91 Å². The van der Waals surface area contributed by atoms with E-state index in [2.05, 4.69) is 0 Å². The molecule has 1 N–H and O–H groups in total. The summed E-state index contributed by atoms with van der Waals surface area (Å²) in [5, 5.41) is 9.54. The van der Waals surface area contributed by atoms with Gasteiger partial charge < -0.3 is 10.0 Å². The number of aliphatic hydroxyl groups excluding tert-OH is 1. The number of carbonyl (C=O) groups is 1. The van der Waals surface area contributed by atoms with Gasteiger partial charge in [-0.05, 0) is 44.1 Å². The first kappa shape index (κ1) is 18.5. The van der Waals surface area contributed by atoms with Gasteiger partial charge in [0.25, 0.3) is 0 Å². The Labute approximate surface area is 135 Å². The predicted molar refractivity (Wildman–Crippen MR) is 80.8 cm³/mol. The fourth-order valence-corrected chi connectivity index (χ4v) is 3.74. The van der Waals surface area contributed by atoms with Crippen molar-refractivity contribution in [3.63, 3.8) is 0 Å². The van der Waals surface area contributed by atoms with Gasteiger partial charge in [-0.15, -0.1) is 0 Å². The van der Waals surface area contributed by atoms with Crippen LogP contribution in [0.5, 0.6) is 0 Å². The molecule has 0 aromatic rings. The van der Waals surface area contributed by atoms with Crippen molar-refractivity contribution < 1.29 is 23.1 Å². The van der Waals surface area contributed by atoms with Crippen LogP contribution in [0.4, 0.5) is 13.2 Å². The third-order valence-corrected chi connectivity index (χ3v) is 5.48. The fraction of sp³-hybridized carbons (Fsp3) is 0.938. The van der Waals surface area contributed by atoms with Gasteiger partial charge in [0, 0.05) is 26.2 Å². The average molecular weight is 336 g/mol. The van der Waals surface area contributed by atoms with E-state index >= 15 is 0 Å². The zero-order valence-corrected chi connectivity index (χ0v) is 13.7. The Kier molecular flexibility index (Phi) is 5.94. The van der Waals surface area contributed by atoms with Crippen LogP contribution in [-0.2, 0) is 4.79 Å². The lowest BCUT2D eigenvalue weighted by molar-refractivity contribution is -0.155. The van der Waals surface area contributed by atoms with E-state index in [-0.39, 0.29) is 30.4 Å². The van der Waals surface area contributed by atoms with Crippen molar-refractivity contribution in [1.29, 1.82) is 0 Å².